The summed E-state index contributed by atoms with van der Waals surface area (Å²) in [6.45, 7) is 4.26. The highest BCUT2D eigenvalue weighted by Gasteiger charge is 2.31. The molecule has 1 N–H and O–H groups in total. The lowest BCUT2D eigenvalue weighted by atomic mass is 9.81. The topological polar surface area (TPSA) is 55.1 Å². The summed E-state index contributed by atoms with van der Waals surface area (Å²) in [4.78, 5) is 11.2. The van der Waals surface area contributed by atoms with Gasteiger partial charge in [0.1, 0.15) is 0 Å². The zero-order valence-corrected chi connectivity index (χ0v) is 13.1. The molecule has 1 aliphatic rings. The molecule has 0 spiro atoms. The van der Waals surface area contributed by atoms with Crippen molar-refractivity contribution in [2.24, 2.45) is 0 Å². The quantitative estimate of drug-likeness (QED) is 0.931. The van der Waals surface area contributed by atoms with E-state index in [1.807, 2.05) is 22.9 Å². The van der Waals surface area contributed by atoms with Crippen molar-refractivity contribution in [3.63, 3.8) is 0 Å². The first-order chi connectivity index (χ1) is 10.6. The summed E-state index contributed by atoms with van der Waals surface area (Å²) in [6.07, 6.45) is 3.15. The van der Waals surface area contributed by atoms with Crippen molar-refractivity contribution in [3.05, 3.63) is 47.3 Å². The third-order valence-electron chi connectivity index (χ3n) is 4.39. The Morgan fingerprint density at radius 2 is 2.09 bits per heavy atom. The number of nitrogens with zero attached hydrogens (tertiary/aromatic N) is 2. The van der Waals surface area contributed by atoms with Crippen LogP contribution in [0, 0.1) is 0 Å². The van der Waals surface area contributed by atoms with Gasteiger partial charge in [-0.15, -0.1) is 0 Å². The van der Waals surface area contributed by atoms with Gasteiger partial charge in [0.05, 0.1) is 17.8 Å². The van der Waals surface area contributed by atoms with Gasteiger partial charge in [0.2, 0.25) is 0 Å². The molecule has 1 unspecified atom stereocenters. The second kappa shape index (κ2) is 5.95. The van der Waals surface area contributed by atoms with Gasteiger partial charge in [-0.3, -0.25) is 4.79 Å². The Kier molecular flexibility index (Phi) is 4.01. The van der Waals surface area contributed by atoms with E-state index in [1.165, 1.54) is 11.3 Å². The number of para-hydroxylation sites is 1. The predicted molar refractivity (Wildman–Crippen MR) is 85.6 cm³/mol. The van der Waals surface area contributed by atoms with Gasteiger partial charge >= 0.3 is 5.97 Å². The van der Waals surface area contributed by atoms with Gasteiger partial charge in [-0.1, -0.05) is 32.0 Å². The van der Waals surface area contributed by atoms with E-state index in [0.717, 1.165) is 30.6 Å². The SMILES string of the molecule is CC(C)c1nn(-c2ccccc2)c2c1C(CC(=O)O)CCC2. The Balaban J connectivity index is 2.13. The van der Waals surface area contributed by atoms with Crippen LogP contribution in [0.5, 0.6) is 0 Å². The molecule has 0 saturated carbocycles. The molecule has 0 fully saturated rings. The third kappa shape index (κ3) is 2.65. The molecular formula is C18H22N2O2. The number of aliphatic carboxylic acids is 1. The average Bonchev–Trinajstić information content (AvgIpc) is 2.88. The smallest absolute Gasteiger partial charge is 0.303 e. The van der Waals surface area contributed by atoms with E-state index in [1.54, 1.807) is 0 Å². The number of aromatic nitrogens is 2. The second-order valence-electron chi connectivity index (χ2n) is 6.33. The van der Waals surface area contributed by atoms with Crippen LogP contribution in [0.25, 0.3) is 5.69 Å². The van der Waals surface area contributed by atoms with Crippen molar-refractivity contribution in [1.82, 2.24) is 9.78 Å². The molecule has 2 aromatic rings. The number of hydrogen-bond acceptors (Lipinski definition) is 2. The van der Waals surface area contributed by atoms with Gasteiger partial charge in [-0.05, 0) is 43.2 Å². The monoisotopic (exact) mass is 298 g/mol. The Morgan fingerprint density at radius 3 is 2.73 bits per heavy atom. The van der Waals surface area contributed by atoms with Crippen LogP contribution >= 0.6 is 0 Å². The molecule has 1 aromatic carbocycles. The summed E-state index contributed by atoms with van der Waals surface area (Å²) in [7, 11) is 0. The fourth-order valence-electron chi connectivity index (χ4n) is 3.45. The van der Waals surface area contributed by atoms with Crippen molar-refractivity contribution in [1.29, 1.82) is 0 Å². The Labute approximate surface area is 130 Å². The van der Waals surface area contributed by atoms with Gasteiger partial charge in [0, 0.05) is 11.3 Å². The highest BCUT2D eigenvalue weighted by atomic mass is 16.4. The molecule has 0 aliphatic heterocycles. The largest absolute Gasteiger partial charge is 0.481 e. The van der Waals surface area contributed by atoms with Crippen LogP contribution in [0.2, 0.25) is 0 Å². The zero-order valence-electron chi connectivity index (χ0n) is 13.1. The fourth-order valence-corrected chi connectivity index (χ4v) is 3.45. The van der Waals surface area contributed by atoms with E-state index < -0.39 is 5.97 Å². The maximum Gasteiger partial charge on any atom is 0.303 e. The Hall–Kier alpha value is -2.10. The highest BCUT2D eigenvalue weighted by molar-refractivity contribution is 5.68. The van der Waals surface area contributed by atoms with E-state index >= 15 is 0 Å². The van der Waals surface area contributed by atoms with Crippen molar-refractivity contribution in [3.8, 4) is 5.69 Å². The average molecular weight is 298 g/mol. The molecule has 0 saturated heterocycles. The van der Waals surface area contributed by atoms with Gasteiger partial charge in [0.15, 0.2) is 0 Å². The van der Waals surface area contributed by atoms with E-state index in [2.05, 4.69) is 26.0 Å². The molecule has 116 valence electrons. The van der Waals surface area contributed by atoms with Gasteiger partial charge < -0.3 is 5.11 Å². The molecular weight excluding hydrogens is 276 g/mol. The van der Waals surface area contributed by atoms with Crippen molar-refractivity contribution >= 4 is 5.97 Å². The minimum absolute atomic E-state index is 0.0936. The van der Waals surface area contributed by atoms with Crippen LogP contribution in [-0.4, -0.2) is 20.9 Å². The molecule has 0 radical (unpaired) electrons. The van der Waals surface area contributed by atoms with Crippen molar-refractivity contribution in [2.75, 3.05) is 0 Å². The van der Waals surface area contributed by atoms with Crippen molar-refractivity contribution in [2.45, 2.75) is 51.4 Å². The number of rotatable bonds is 4. The maximum atomic E-state index is 11.2. The Morgan fingerprint density at radius 1 is 1.36 bits per heavy atom. The number of hydrogen-bond donors (Lipinski definition) is 1. The highest BCUT2D eigenvalue weighted by Crippen LogP contribution is 2.39. The van der Waals surface area contributed by atoms with E-state index in [0.29, 0.717) is 5.92 Å². The standard InChI is InChI=1S/C18H22N2O2/c1-12(2)18-17-13(11-16(21)22)7-6-10-15(17)20(19-18)14-8-4-3-5-9-14/h3-5,8-9,12-13H,6-7,10-11H2,1-2H3,(H,21,22). The van der Waals surface area contributed by atoms with Crippen LogP contribution in [0.15, 0.2) is 30.3 Å². The molecule has 1 atom stereocenters. The summed E-state index contributed by atoms with van der Waals surface area (Å²) in [5.41, 5.74) is 4.51. The third-order valence-corrected chi connectivity index (χ3v) is 4.39. The molecule has 0 bridgehead atoms. The predicted octanol–water partition coefficient (Wildman–Crippen LogP) is 3.89. The summed E-state index contributed by atoms with van der Waals surface area (Å²) in [5.74, 6) is -0.329. The summed E-state index contributed by atoms with van der Waals surface area (Å²) in [6, 6.07) is 10.1. The number of fused-ring (bicyclic) bond motifs is 1. The van der Waals surface area contributed by atoms with Crippen molar-refractivity contribution < 1.29 is 9.90 Å². The minimum Gasteiger partial charge on any atom is -0.481 e. The van der Waals surface area contributed by atoms with E-state index in [-0.39, 0.29) is 12.3 Å². The first-order valence-corrected chi connectivity index (χ1v) is 7.96. The number of benzene rings is 1. The first-order valence-electron chi connectivity index (χ1n) is 7.96. The lowest BCUT2D eigenvalue weighted by molar-refractivity contribution is -0.137. The lowest BCUT2D eigenvalue weighted by Crippen LogP contribution is -2.15. The van der Waals surface area contributed by atoms with Crippen LogP contribution in [0.4, 0.5) is 0 Å². The minimum atomic E-state index is -0.722. The maximum absolute atomic E-state index is 11.2. The normalized spacial score (nSPS) is 17.5. The number of carboxylic acid groups (broad SMARTS) is 1. The molecule has 1 aromatic heterocycles. The molecule has 1 aliphatic carbocycles. The summed E-state index contributed by atoms with van der Waals surface area (Å²) < 4.78 is 2.03. The van der Waals surface area contributed by atoms with Gasteiger partial charge in [-0.25, -0.2) is 4.68 Å². The van der Waals surface area contributed by atoms with Gasteiger partial charge in [0.25, 0.3) is 0 Å². The van der Waals surface area contributed by atoms with Crippen LogP contribution in [0.3, 0.4) is 0 Å². The van der Waals surface area contributed by atoms with Gasteiger partial charge in [-0.2, -0.15) is 5.10 Å². The fraction of sp³-hybridized carbons (Fsp3) is 0.444. The molecule has 3 rings (SSSR count). The van der Waals surface area contributed by atoms with Crippen LogP contribution in [-0.2, 0) is 11.2 Å². The zero-order chi connectivity index (χ0) is 15.7. The second-order valence-corrected chi connectivity index (χ2v) is 6.33. The van der Waals surface area contributed by atoms with E-state index in [4.69, 9.17) is 5.10 Å². The molecule has 0 amide bonds. The number of carbonyl (C=O) groups is 1. The Bertz CT molecular complexity index is 674. The molecule has 4 nitrogen and oxygen atoms in total. The van der Waals surface area contributed by atoms with Crippen LogP contribution in [0.1, 0.15) is 61.9 Å². The summed E-state index contributed by atoms with van der Waals surface area (Å²) >= 11 is 0. The summed E-state index contributed by atoms with van der Waals surface area (Å²) in [5, 5.41) is 14.1. The number of carboxylic acids is 1. The van der Waals surface area contributed by atoms with E-state index in [9.17, 15) is 9.90 Å². The molecule has 1 heterocycles. The lowest BCUT2D eigenvalue weighted by Gasteiger charge is -2.23. The molecule has 22 heavy (non-hydrogen) atoms. The van der Waals surface area contributed by atoms with Crippen LogP contribution < -0.4 is 0 Å². The molecule has 4 heteroatoms. The first kappa shape index (κ1) is 14.8.